The molecule has 2 heteroatoms. The molecule has 2 spiro atoms. The van der Waals surface area contributed by atoms with Crippen LogP contribution in [0.5, 0.6) is 0 Å². The third-order valence-corrected chi connectivity index (χ3v) is 12.2. The molecule has 5 saturated carbocycles. The first kappa shape index (κ1) is 21.2. The van der Waals surface area contributed by atoms with Crippen LogP contribution in [0.4, 0.5) is 0 Å². The molecule has 31 heavy (non-hydrogen) atoms. The Morgan fingerprint density at radius 3 is 2.48 bits per heavy atom. The first-order chi connectivity index (χ1) is 14.8. The molecule has 1 N–H and O–H groups in total. The van der Waals surface area contributed by atoms with Crippen LogP contribution in [0.2, 0.25) is 0 Å². The third-order valence-electron chi connectivity index (χ3n) is 12.2. The minimum atomic E-state index is 0.108. The Labute approximate surface area is 190 Å². The molecule has 1 saturated heterocycles. The van der Waals surface area contributed by atoms with Crippen molar-refractivity contribution >= 4 is 0 Å². The number of ether oxygens (including phenoxy) is 1. The van der Waals surface area contributed by atoms with Crippen LogP contribution in [0.15, 0.2) is 12.2 Å². The molecule has 8 unspecified atom stereocenters. The quantitative estimate of drug-likeness (QED) is 0.379. The van der Waals surface area contributed by atoms with E-state index in [0.29, 0.717) is 34.9 Å². The Kier molecular flexibility index (Phi) is 4.84. The van der Waals surface area contributed by atoms with E-state index in [-0.39, 0.29) is 5.60 Å². The van der Waals surface area contributed by atoms with Crippen molar-refractivity contribution in [2.24, 2.45) is 39.9 Å². The van der Waals surface area contributed by atoms with Gasteiger partial charge in [0.25, 0.3) is 0 Å². The lowest BCUT2D eigenvalue weighted by atomic mass is 9.45. The summed E-state index contributed by atoms with van der Waals surface area (Å²) in [7, 11) is 0. The second-order valence-corrected chi connectivity index (χ2v) is 13.6. The molecule has 0 radical (unpaired) electrons. The van der Waals surface area contributed by atoms with Crippen molar-refractivity contribution in [1.82, 2.24) is 0 Å². The van der Waals surface area contributed by atoms with Crippen LogP contribution in [-0.2, 0) is 4.74 Å². The standard InChI is InChI=1S/C29H46O2/c1-20-16-29(15-14-28(19-29)12-7-10-22(28)18-30)25-27(3,31-25)13-11-24-23(20)17-26(24,2)21-8-5-4-6-9-21/h21-25,30H,1,4-19H2,2-3H3. The van der Waals surface area contributed by atoms with E-state index in [1.807, 2.05) is 0 Å². The Balaban J connectivity index is 1.26. The molecule has 0 bridgehead atoms. The molecule has 6 aliphatic rings. The summed E-state index contributed by atoms with van der Waals surface area (Å²) < 4.78 is 6.66. The Morgan fingerprint density at radius 1 is 0.935 bits per heavy atom. The fraction of sp³-hybridized carbons (Fsp3) is 0.931. The summed E-state index contributed by atoms with van der Waals surface area (Å²) in [5, 5.41) is 10.1. The van der Waals surface area contributed by atoms with E-state index in [1.54, 1.807) is 5.57 Å². The summed E-state index contributed by atoms with van der Waals surface area (Å²) >= 11 is 0. The maximum absolute atomic E-state index is 10.1. The van der Waals surface area contributed by atoms with E-state index in [2.05, 4.69) is 13.8 Å². The predicted octanol–water partition coefficient (Wildman–Crippen LogP) is 7.06. The first-order valence-electron chi connectivity index (χ1n) is 13.8. The van der Waals surface area contributed by atoms with Crippen LogP contribution in [-0.4, -0.2) is 23.4 Å². The van der Waals surface area contributed by atoms with Gasteiger partial charge in [-0.3, -0.25) is 0 Å². The molecule has 6 fully saturated rings. The lowest BCUT2D eigenvalue weighted by molar-refractivity contribution is -0.0811. The highest BCUT2D eigenvalue weighted by molar-refractivity contribution is 5.24. The van der Waals surface area contributed by atoms with E-state index in [0.717, 1.165) is 17.8 Å². The number of hydrogen-bond acceptors (Lipinski definition) is 2. The highest BCUT2D eigenvalue weighted by atomic mass is 16.6. The van der Waals surface area contributed by atoms with E-state index in [4.69, 9.17) is 11.3 Å². The van der Waals surface area contributed by atoms with Gasteiger partial charge in [0.2, 0.25) is 0 Å². The average Bonchev–Trinajstić information content (AvgIpc) is 3.10. The maximum atomic E-state index is 10.1. The SMILES string of the molecule is C=C1CC2(CCC3(CCCC3CO)C2)C2OC2(C)CCC2C1CC2(C)C1CCCCC1. The molecular weight excluding hydrogens is 380 g/mol. The van der Waals surface area contributed by atoms with Crippen molar-refractivity contribution in [3.63, 3.8) is 0 Å². The van der Waals surface area contributed by atoms with E-state index < -0.39 is 0 Å². The monoisotopic (exact) mass is 426 g/mol. The molecule has 1 aliphatic heterocycles. The van der Waals surface area contributed by atoms with Gasteiger partial charge in [-0.15, -0.1) is 0 Å². The van der Waals surface area contributed by atoms with Gasteiger partial charge in [0.15, 0.2) is 0 Å². The van der Waals surface area contributed by atoms with Gasteiger partial charge in [0, 0.05) is 12.0 Å². The fourth-order valence-corrected chi connectivity index (χ4v) is 10.4. The van der Waals surface area contributed by atoms with Crippen molar-refractivity contribution in [2.75, 3.05) is 6.61 Å². The zero-order valence-corrected chi connectivity index (χ0v) is 20.3. The molecule has 0 aromatic carbocycles. The van der Waals surface area contributed by atoms with Crippen molar-refractivity contribution in [3.8, 4) is 0 Å². The van der Waals surface area contributed by atoms with Gasteiger partial charge in [-0.25, -0.2) is 0 Å². The van der Waals surface area contributed by atoms with Gasteiger partial charge in [-0.1, -0.05) is 44.8 Å². The summed E-state index contributed by atoms with van der Waals surface area (Å²) in [5.41, 5.74) is 2.93. The summed E-state index contributed by atoms with van der Waals surface area (Å²) in [4.78, 5) is 0. The van der Waals surface area contributed by atoms with Crippen molar-refractivity contribution in [1.29, 1.82) is 0 Å². The van der Waals surface area contributed by atoms with E-state index in [1.165, 1.54) is 96.3 Å². The number of fused-ring (bicyclic) bond motifs is 3. The van der Waals surface area contributed by atoms with Crippen LogP contribution < -0.4 is 0 Å². The molecule has 0 aromatic rings. The van der Waals surface area contributed by atoms with Crippen molar-refractivity contribution in [3.05, 3.63) is 12.2 Å². The molecule has 0 aromatic heterocycles. The number of allylic oxidation sites excluding steroid dienone is 1. The number of aliphatic hydroxyl groups is 1. The molecule has 8 atom stereocenters. The number of epoxide rings is 1. The van der Waals surface area contributed by atoms with Crippen LogP contribution in [0, 0.1) is 39.9 Å². The van der Waals surface area contributed by atoms with Gasteiger partial charge in [0.05, 0.1) is 11.7 Å². The smallest absolute Gasteiger partial charge is 0.0930 e. The lowest BCUT2D eigenvalue weighted by Gasteiger charge is -2.59. The topological polar surface area (TPSA) is 32.8 Å². The fourth-order valence-electron chi connectivity index (χ4n) is 10.4. The number of rotatable bonds is 2. The molecule has 2 nitrogen and oxygen atoms in total. The van der Waals surface area contributed by atoms with Gasteiger partial charge >= 0.3 is 0 Å². The van der Waals surface area contributed by atoms with Crippen molar-refractivity contribution < 1.29 is 9.84 Å². The molecule has 0 amide bonds. The third kappa shape index (κ3) is 3.02. The zero-order chi connectivity index (χ0) is 21.5. The van der Waals surface area contributed by atoms with Crippen molar-refractivity contribution in [2.45, 2.75) is 122 Å². The summed E-state index contributed by atoms with van der Waals surface area (Å²) in [6.07, 6.45) is 20.8. The summed E-state index contributed by atoms with van der Waals surface area (Å²) in [6, 6.07) is 0. The normalized spacial score (nSPS) is 54.7. The Bertz CT molecular complexity index is 739. The van der Waals surface area contributed by atoms with Crippen LogP contribution in [0.1, 0.15) is 110 Å². The highest BCUT2D eigenvalue weighted by Gasteiger charge is 2.69. The molecule has 1 heterocycles. The molecule has 5 aliphatic carbocycles. The minimum Gasteiger partial charge on any atom is -0.396 e. The molecular formula is C29H46O2. The van der Waals surface area contributed by atoms with E-state index >= 15 is 0 Å². The molecule has 174 valence electrons. The molecule has 6 rings (SSSR count). The van der Waals surface area contributed by atoms with Crippen LogP contribution >= 0.6 is 0 Å². The van der Waals surface area contributed by atoms with Gasteiger partial charge in [-0.05, 0) is 112 Å². The minimum absolute atomic E-state index is 0.108. The Morgan fingerprint density at radius 2 is 1.71 bits per heavy atom. The van der Waals surface area contributed by atoms with E-state index in [9.17, 15) is 5.11 Å². The van der Waals surface area contributed by atoms with Gasteiger partial charge < -0.3 is 9.84 Å². The van der Waals surface area contributed by atoms with Crippen LogP contribution in [0.25, 0.3) is 0 Å². The predicted molar refractivity (Wildman–Crippen MR) is 126 cm³/mol. The maximum Gasteiger partial charge on any atom is 0.0930 e. The summed E-state index contributed by atoms with van der Waals surface area (Å²) in [5.74, 6) is 3.08. The summed E-state index contributed by atoms with van der Waals surface area (Å²) in [6.45, 7) is 10.3. The first-order valence-corrected chi connectivity index (χ1v) is 13.8. The largest absolute Gasteiger partial charge is 0.396 e. The Hall–Kier alpha value is -0.340. The second kappa shape index (κ2) is 7.08. The van der Waals surface area contributed by atoms with Gasteiger partial charge in [-0.2, -0.15) is 0 Å². The average molecular weight is 427 g/mol. The zero-order valence-electron chi connectivity index (χ0n) is 20.3. The highest BCUT2D eigenvalue weighted by Crippen LogP contribution is 2.71. The van der Waals surface area contributed by atoms with Crippen LogP contribution in [0.3, 0.4) is 0 Å². The number of aliphatic hydroxyl groups excluding tert-OH is 1. The van der Waals surface area contributed by atoms with Gasteiger partial charge in [0.1, 0.15) is 0 Å². The number of hydrogen-bond donors (Lipinski definition) is 1. The second-order valence-electron chi connectivity index (χ2n) is 13.6. The lowest BCUT2D eigenvalue weighted by Crippen LogP contribution is -2.52.